The van der Waals surface area contributed by atoms with E-state index in [1.165, 1.54) is 57.6 Å². The third kappa shape index (κ3) is 6.89. The summed E-state index contributed by atoms with van der Waals surface area (Å²) in [4.78, 5) is 12.4. The summed E-state index contributed by atoms with van der Waals surface area (Å²) in [6, 6.07) is 0. The number of carbonyl (C=O) groups excluding carboxylic acids is 1. The van der Waals surface area contributed by atoms with Crippen molar-refractivity contribution in [2.75, 3.05) is 13.2 Å². The van der Waals surface area contributed by atoms with Crippen LogP contribution >= 0.6 is 0 Å². The molecule has 0 aromatic rings. The van der Waals surface area contributed by atoms with Gasteiger partial charge in [0, 0.05) is 6.42 Å². The molecular weight excluding hydrogens is 484 g/mol. The molecule has 0 radical (unpaired) electrons. The summed E-state index contributed by atoms with van der Waals surface area (Å²) in [5.41, 5.74) is 2.38. The summed E-state index contributed by atoms with van der Waals surface area (Å²) in [5.74, 6) is 5.11. The van der Waals surface area contributed by atoms with Gasteiger partial charge in [-0.2, -0.15) is 0 Å². The molecule has 0 spiro atoms. The van der Waals surface area contributed by atoms with Crippen molar-refractivity contribution in [1.29, 1.82) is 0 Å². The Labute approximate surface area is 239 Å². The van der Waals surface area contributed by atoms with Crippen LogP contribution in [-0.4, -0.2) is 25.5 Å². The van der Waals surface area contributed by atoms with E-state index in [0.717, 1.165) is 74.0 Å². The van der Waals surface area contributed by atoms with Gasteiger partial charge in [0.2, 0.25) is 0 Å². The number of allylic oxidation sites excluding steroid dienone is 1. The maximum atomic E-state index is 12.4. The summed E-state index contributed by atoms with van der Waals surface area (Å²) in [6.07, 6.45) is 20.4. The first kappa shape index (κ1) is 30.5. The second-order valence-corrected chi connectivity index (χ2v) is 14.5. The Morgan fingerprint density at radius 1 is 1.00 bits per heavy atom. The van der Waals surface area contributed by atoms with Crippen molar-refractivity contribution < 1.29 is 19.0 Å². The van der Waals surface area contributed by atoms with Crippen LogP contribution in [0.5, 0.6) is 0 Å². The van der Waals surface area contributed by atoms with E-state index in [1.807, 2.05) is 0 Å². The number of unbranched alkanes of at least 4 members (excludes halogenated alkanes) is 2. The van der Waals surface area contributed by atoms with Gasteiger partial charge in [-0.15, -0.1) is 0 Å². The maximum Gasteiger partial charge on any atom is 0.508 e. The lowest BCUT2D eigenvalue weighted by Gasteiger charge is -2.58. The van der Waals surface area contributed by atoms with Crippen LogP contribution in [0.4, 0.5) is 4.79 Å². The molecule has 4 rings (SSSR count). The van der Waals surface area contributed by atoms with E-state index in [1.54, 1.807) is 5.57 Å². The zero-order chi connectivity index (χ0) is 28.0. The van der Waals surface area contributed by atoms with Crippen LogP contribution in [0.15, 0.2) is 24.5 Å². The van der Waals surface area contributed by atoms with Gasteiger partial charge in [-0.25, -0.2) is 4.79 Å². The molecule has 0 aromatic carbocycles. The molecule has 4 heteroatoms. The third-order valence-corrected chi connectivity index (χ3v) is 11.8. The number of ether oxygens (including phenoxy) is 3. The van der Waals surface area contributed by atoms with Crippen LogP contribution < -0.4 is 0 Å². The predicted octanol–water partition coefficient (Wildman–Crippen LogP) is 9.88. The normalized spacial score (nSPS) is 36.3. The molecule has 0 aliphatic heterocycles. The molecule has 4 nitrogen and oxygen atoms in total. The topological polar surface area (TPSA) is 44.8 Å². The van der Waals surface area contributed by atoms with Gasteiger partial charge in [0.15, 0.2) is 0 Å². The Kier molecular flexibility index (Phi) is 10.5. The molecule has 8 atom stereocenters. The van der Waals surface area contributed by atoms with Crippen LogP contribution in [0.25, 0.3) is 0 Å². The summed E-state index contributed by atoms with van der Waals surface area (Å²) >= 11 is 0. The van der Waals surface area contributed by atoms with Crippen molar-refractivity contribution in [2.45, 2.75) is 131 Å². The highest BCUT2D eigenvalue weighted by Crippen LogP contribution is 2.67. The second kappa shape index (κ2) is 13.5. The fourth-order valence-electron chi connectivity index (χ4n) is 9.63. The smallest absolute Gasteiger partial charge is 0.502 e. The second-order valence-electron chi connectivity index (χ2n) is 14.5. The summed E-state index contributed by atoms with van der Waals surface area (Å²) in [6.45, 7) is 17.1. The molecule has 3 fully saturated rings. The highest BCUT2D eigenvalue weighted by molar-refractivity contribution is 5.60. The van der Waals surface area contributed by atoms with Crippen molar-refractivity contribution in [1.82, 2.24) is 0 Å². The maximum absolute atomic E-state index is 12.4. The molecule has 0 N–H and O–H groups in total. The Hall–Kier alpha value is -1.45. The number of hydrogen-bond acceptors (Lipinski definition) is 4. The van der Waals surface area contributed by atoms with E-state index in [2.05, 4.69) is 47.3 Å². The van der Waals surface area contributed by atoms with Crippen LogP contribution in [0.2, 0.25) is 0 Å². The minimum atomic E-state index is -0.492. The van der Waals surface area contributed by atoms with E-state index < -0.39 is 6.16 Å². The Bertz CT molecular complexity index is 848. The predicted molar refractivity (Wildman–Crippen MR) is 159 cm³/mol. The minimum Gasteiger partial charge on any atom is -0.502 e. The van der Waals surface area contributed by atoms with Crippen LogP contribution in [0, 0.1) is 46.3 Å². The quantitative estimate of drug-likeness (QED) is 0.101. The number of rotatable bonds is 13. The van der Waals surface area contributed by atoms with Gasteiger partial charge in [0.25, 0.3) is 0 Å². The van der Waals surface area contributed by atoms with E-state index in [4.69, 9.17) is 14.2 Å². The van der Waals surface area contributed by atoms with Gasteiger partial charge in [-0.1, -0.05) is 72.1 Å². The van der Waals surface area contributed by atoms with Crippen LogP contribution in [-0.2, 0) is 14.2 Å². The van der Waals surface area contributed by atoms with Crippen LogP contribution in [0.1, 0.15) is 125 Å². The average molecular weight is 543 g/mol. The van der Waals surface area contributed by atoms with Gasteiger partial charge < -0.3 is 14.2 Å². The van der Waals surface area contributed by atoms with Gasteiger partial charge in [0.05, 0.1) is 19.5 Å². The highest BCUT2D eigenvalue weighted by atomic mass is 16.7. The monoisotopic (exact) mass is 542 g/mol. The van der Waals surface area contributed by atoms with E-state index in [0.29, 0.717) is 18.6 Å². The van der Waals surface area contributed by atoms with Crippen molar-refractivity contribution in [3.63, 3.8) is 0 Å². The lowest BCUT2D eigenvalue weighted by atomic mass is 9.47. The van der Waals surface area contributed by atoms with E-state index in [-0.39, 0.29) is 11.5 Å². The zero-order valence-corrected chi connectivity index (χ0v) is 25.8. The van der Waals surface area contributed by atoms with Crippen molar-refractivity contribution in [3.05, 3.63) is 24.5 Å². The molecule has 0 amide bonds. The molecule has 39 heavy (non-hydrogen) atoms. The molecule has 0 saturated heterocycles. The lowest BCUT2D eigenvalue weighted by molar-refractivity contribution is -0.0617. The van der Waals surface area contributed by atoms with Gasteiger partial charge in [0.1, 0.15) is 6.10 Å². The lowest BCUT2D eigenvalue weighted by Crippen LogP contribution is -2.51. The number of carbonyl (C=O) groups is 1. The molecular formula is C35H58O4. The van der Waals surface area contributed by atoms with Crippen molar-refractivity contribution in [3.8, 4) is 0 Å². The van der Waals surface area contributed by atoms with Gasteiger partial charge in [-0.05, 0) is 111 Å². The van der Waals surface area contributed by atoms with Crippen molar-refractivity contribution >= 4 is 6.16 Å². The third-order valence-electron chi connectivity index (χ3n) is 11.8. The molecule has 4 aliphatic carbocycles. The molecule has 4 aliphatic rings. The Morgan fingerprint density at radius 3 is 2.56 bits per heavy atom. The molecule has 1 unspecified atom stereocenters. The van der Waals surface area contributed by atoms with E-state index in [9.17, 15) is 4.79 Å². The first-order valence-electron chi connectivity index (χ1n) is 16.4. The summed E-state index contributed by atoms with van der Waals surface area (Å²) in [5, 5.41) is 0. The fourth-order valence-corrected chi connectivity index (χ4v) is 9.63. The first-order chi connectivity index (χ1) is 18.7. The molecule has 222 valence electrons. The summed E-state index contributed by atoms with van der Waals surface area (Å²) in [7, 11) is 0. The Morgan fingerprint density at radius 2 is 1.79 bits per heavy atom. The number of fused-ring (bicyclic) bond motifs is 5. The fraction of sp³-hybridized carbons (Fsp3) is 0.857. The van der Waals surface area contributed by atoms with Crippen LogP contribution in [0.3, 0.4) is 0 Å². The zero-order valence-electron chi connectivity index (χ0n) is 25.8. The SMILES string of the molecule is C=COCCCCCOC(=O)OC1CC[C@@]2(C)C(=CC[C@H]3[C@@H]4CC[C@H]([C@H](C)CCCC(C)C)[C@@]4(C)CC[C@@H]32)C1. The first-order valence-corrected chi connectivity index (χ1v) is 16.4. The molecule has 3 saturated carbocycles. The standard InChI is InChI=1S/C35H58O4/c1-7-37-22-9-8-10-23-38-33(36)39-28-18-20-34(5)27(24-28)14-15-29-31-17-16-30(26(4)13-11-12-25(2)3)35(31,6)21-19-32(29)34/h7,14,25-26,28-32H,1,8-13,15-24H2,2-6H3/t26-,28?,29+,30-,31+,32+,34+,35-/m1/s1. The van der Waals surface area contributed by atoms with Gasteiger partial charge in [-0.3, -0.25) is 0 Å². The Balaban J connectivity index is 1.29. The summed E-state index contributed by atoms with van der Waals surface area (Å²) < 4.78 is 16.3. The highest BCUT2D eigenvalue weighted by Gasteiger charge is 2.59. The van der Waals surface area contributed by atoms with Crippen molar-refractivity contribution in [2.24, 2.45) is 46.3 Å². The average Bonchev–Trinajstić information content (AvgIpc) is 3.25. The molecule has 0 heterocycles. The minimum absolute atomic E-state index is 0.0363. The number of hydrogen-bond donors (Lipinski definition) is 0. The molecule has 0 aromatic heterocycles. The largest absolute Gasteiger partial charge is 0.508 e. The molecule has 0 bridgehead atoms. The van der Waals surface area contributed by atoms with E-state index >= 15 is 0 Å². The van der Waals surface area contributed by atoms with Gasteiger partial charge >= 0.3 is 6.16 Å².